The molecule has 1 saturated heterocycles. The molecule has 1 N–H and O–H groups in total. The second-order valence-corrected chi connectivity index (χ2v) is 7.50. The summed E-state index contributed by atoms with van der Waals surface area (Å²) in [6.45, 7) is 4.40. The van der Waals surface area contributed by atoms with E-state index in [1.165, 1.54) is 0 Å². The molecule has 0 radical (unpaired) electrons. The monoisotopic (exact) mass is 349 g/mol. The van der Waals surface area contributed by atoms with Gasteiger partial charge in [0, 0.05) is 37.6 Å². The maximum atomic E-state index is 10.5. The number of hydrogen-bond donors (Lipinski definition) is 1. The topological polar surface area (TPSA) is 64.3 Å². The van der Waals surface area contributed by atoms with E-state index in [1.54, 1.807) is 13.4 Å². The Balaban J connectivity index is 1.87. The molecular weight excluding hydrogens is 322 g/mol. The van der Waals surface area contributed by atoms with E-state index < -0.39 is 11.7 Å². The van der Waals surface area contributed by atoms with Crippen molar-refractivity contribution in [3.05, 3.63) is 35.3 Å². The van der Waals surface area contributed by atoms with Gasteiger partial charge in [0.25, 0.3) is 0 Å². The Morgan fingerprint density at radius 2 is 2.32 bits per heavy atom. The molecule has 0 unspecified atom stereocenters. The number of furan rings is 1. The lowest BCUT2D eigenvalue weighted by atomic mass is 9.59. The molecule has 25 heavy (non-hydrogen) atoms. The Morgan fingerprint density at radius 3 is 3.08 bits per heavy atom. The Bertz CT molecular complexity index is 669. The second-order valence-electron chi connectivity index (χ2n) is 7.50. The highest BCUT2D eigenvalue weighted by molar-refractivity contribution is 5.45. The number of aliphatic hydroxyl groups excluding tert-OH is 1. The molecule has 1 aliphatic heterocycles. The van der Waals surface area contributed by atoms with Crippen molar-refractivity contribution in [3.8, 4) is 0 Å². The molecule has 0 aromatic carbocycles. The van der Waals surface area contributed by atoms with E-state index in [0.717, 1.165) is 36.4 Å². The molecule has 3 aliphatic rings. The van der Waals surface area contributed by atoms with E-state index in [4.69, 9.17) is 18.6 Å². The zero-order valence-electron chi connectivity index (χ0n) is 15.2. The Kier molecular flexibility index (Phi) is 4.29. The minimum Gasteiger partial charge on any atom is -0.466 e. The van der Waals surface area contributed by atoms with Crippen LogP contribution in [0.15, 0.2) is 28.4 Å². The van der Waals surface area contributed by atoms with Crippen molar-refractivity contribution in [2.24, 2.45) is 5.41 Å². The van der Waals surface area contributed by atoms with Gasteiger partial charge < -0.3 is 28.6 Å². The Labute approximate surface area is 148 Å². The van der Waals surface area contributed by atoms with Gasteiger partial charge in [0.05, 0.1) is 19.0 Å². The van der Waals surface area contributed by atoms with Crippen LogP contribution in [0.4, 0.5) is 0 Å². The first-order valence-electron chi connectivity index (χ1n) is 8.93. The minimum absolute atomic E-state index is 0.207. The Morgan fingerprint density at radius 1 is 1.48 bits per heavy atom. The summed E-state index contributed by atoms with van der Waals surface area (Å²) in [6.07, 6.45) is 4.61. The van der Waals surface area contributed by atoms with Crippen LogP contribution in [0, 0.1) is 5.41 Å². The van der Waals surface area contributed by atoms with E-state index in [2.05, 4.69) is 18.0 Å². The van der Waals surface area contributed by atoms with Crippen LogP contribution < -0.4 is 0 Å². The zero-order valence-corrected chi connectivity index (χ0v) is 15.2. The lowest BCUT2D eigenvalue weighted by Crippen LogP contribution is -2.54. The third-order valence-corrected chi connectivity index (χ3v) is 6.09. The van der Waals surface area contributed by atoms with Crippen LogP contribution in [0.1, 0.15) is 37.2 Å². The Hall–Kier alpha value is -1.18. The third-order valence-electron chi connectivity index (χ3n) is 6.09. The number of methoxy groups -OCH3 is 1. The number of nitrogens with zero attached hydrogens (tertiary/aromatic N) is 1. The summed E-state index contributed by atoms with van der Waals surface area (Å²) in [5, 5.41) is 10.5. The quantitative estimate of drug-likeness (QED) is 0.664. The van der Waals surface area contributed by atoms with Crippen molar-refractivity contribution in [3.63, 3.8) is 0 Å². The zero-order chi connectivity index (χ0) is 17.7. The molecule has 0 spiro atoms. The first-order valence-corrected chi connectivity index (χ1v) is 8.93. The fourth-order valence-corrected chi connectivity index (χ4v) is 5.17. The van der Waals surface area contributed by atoms with Gasteiger partial charge in [-0.25, -0.2) is 0 Å². The summed E-state index contributed by atoms with van der Waals surface area (Å²) in [5.74, 6) is 0.831. The summed E-state index contributed by atoms with van der Waals surface area (Å²) >= 11 is 0. The first kappa shape index (κ1) is 17.2. The van der Waals surface area contributed by atoms with Crippen molar-refractivity contribution >= 4 is 0 Å². The highest BCUT2D eigenvalue weighted by Crippen LogP contribution is 2.65. The first-order chi connectivity index (χ1) is 12.0. The smallest absolute Gasteiger partial charge is 0.147 e. The molecule has 4 atom stereocenters. The summed E-state index contributed by atoms with van der Waals surface area (Å²) < 4.78 is 23.5. The summed E-state index contributed by atoms with van der Waals surface area (Å²) in [5.41, 5.74) is 1.29. The molecule has 1 aromatic heterocycles. The predicted molar refractivity (Wildman–Crippen MR) is 91.0 cm³/mol. The number of rotatable bonds is 4. The highest BCUT2D eigenvalue weighted by atomic mass is 16.7. The van der Waals surface area contributed by atoms with Crippen LogP contribution in [-0.2, 0) is 19.8 Å². The van der Waals surface area contributed by atoms with Crippen molar-refractivity contribution in [2.75, 3.05) is 40.6 Å². The van der Waals surface area contributed by atoms with E-state index in [-0.39, 0.29) is 18.3 Å². The van der Waals surface area contributed by atoms with Crippen molar-refractivity contribution in [2.45, 2.75) is 37.6 Å². The maximum absolute atomic E-state index is 10.5. The molecule has 6 heteroatoms. The molecule has 0 saturated carbocycles. The van der Waals surface area contributed by atoms with Crippen LogP contribution in [0.25, 0.3) is 0 Å². The molecule has 0 amide bonds. The molecule has 1 aromatic rings. The van der Waals surface area contributed by atoms with Gasteiger partial charge in [-0.2, -0.15) is 0 Å². The van der Waals surface area contributed by atoms with E-state index in [1.807, 2.05) is 13.0 Å². The normalized spacial score (nSPS) is 36.2. The van der Waals surface area contributed by atoms with Gasteiger partial charge in [-0.15, -0.1) is 0 Å². The van der Waals surface area contributed by atoms with Gasteiger partial charge in [0.2, 0.25) is 0 Å². The minimum atomic E-state index is -0.520. The molecular formula is C19H27NO5. The number of ether oxygens (including phenoxy) is 3. The number of aliphatic hydroxyl groups is 1. The molecule has 2 heterocycles. The second kappa shape index (κ2) is 6.21. The average molecular weight is 349 g/mol. The molecule has 0 bridgehead atoms. The van der Waals surface area contributed by atoms with Crippen LogP contribution in [-0.4, -0.2) is 56.8 Å². The number of hydrogen-bond acceptors (Lipinski definition) is 6. The van der Waals surface area contributed by atoms with Crippen LogP contribution >= 0.6 is 0 Å². The number of likely N-dealkylation sites (N-methyl/N-ethyl adjacent to an activating group) is 1. The largest absolute Gasteiger partial charge is 0.466 e. The van der Waals surface area contributed by atoms with Gasteiger partial charge in [-0.3, -0.25) is 0 Å². The van der Waals surface area contributed by atoms with Crippen molar-refractivity contribution in [1.82, 2.24) is 4.90 Å². The molecule has 4 rings (SSSR count). The average Bonchev–Trinajstić information content (AvgIpc) is 3.13. The van der Waals surface area contributed by atoms with E-state index in [0.29, 0.717) is 13.0 Å². The number of fused-ring (bicyclic) bond motifs is 1. The van der Waals surface area contributed by atoms with Crippen LogP contribution in [0.5, 0.6) is 0 Å². The van der Waals surface area contributed by atoms with E-state index in [9.17, 15) is 5.11 Å². The van der Waals surface area contributed by atoms with Crippen molar-refractivity contribution in [1.29, 1.82) is 0 Å². The molecule has 2 aliphatic carbocycles. The summed E-state index contributed by atoms with van der Waals surface area (Å²) in [7, 11) is 3.73. The lowest BCUT2D eigenvalue weighted by molar-refractivity contribution is -0.160. The van der Waals surface area contributed by atoms with Gasteiger partial charge >= 0.3 is 0 Å². The SMILES string of the molecule is COCO[C@@H]1C[C@@]23CN(C)CCO[C@@]2(CC=C3[C@@H](C)O)c2ccoc21. The molecule has 138 valence electrons. The predicted octanol–water partition coefficient (Wildman–Crippen LogP) is 2.20. The highest BCUT2D eigenvalue weighted by Gasteiger charge is 2.65. The molecule has 6 nitrogen and oxygen atoms in total. The third kappa shape index (κ3) is 2.35. The van der Waals surface area contributed by atoms with E-state index >= 15 is 0 Å². The fraction of sp³-hybridized carbons (Fsp3) is 0.684. The lowest BCUT2D eigenvalue weighted by Gasteiger charge is -2.52. The van der Waals surface area contributed by atoms with Gasteiger partial charge in [-0.1, -0.05) is 6.08 Å². The van der Waals surface area contributed by atoms with Crippen LogP contribution in [0.2, 0.25) is 0 Å². The maximum Gasteiger partial charge on any atom is 0.147 e. The van der Waals surface area contributed by atoms with Crippen LogP contribution in [0.3, 0.4) is 0 Å². The standard InChI is InChI=1S/C19H27NO5/c1-13(21)14-4-6-19-15-5-8-23-17(15)16(24-12-22-3)10-18(14,19)11-20(2)7-9-25-19/h4-5,8,13,16,21H,6-7,9-12H2,1-3H3/t13-,16-,18+,19+/m1/s1. The van der Waals surface area contributed by atoms with Gasteiger partial charge in [0.1, 0.15) is 24.3 Å². The summed E-state index contributed by atoms with van der Waals surface area (Å²) in [6, 6.07) is 2.01. The summed E-state index contributed by atoms with van der Waals surface area (Å²) in [4.78, 5) is 2.29. The van der Waals surface area contributed by atoms with Gasteiger partial charge in [0.15, 0.2) is 0 Å². The van der Waals surface area contributed by atoms with Gasteiger partial charge in [-0.05, 0) is 32.0 Å². The van der Waals surface area contributed by atoms with Crippen molar-refractivity contribution < 1.29 is 23.7 Å². The fourth-order valence-electron chi connectivity index (χ4n) is 5.17. The molecule has 1 fully saturated rings.